The van der Waals surface area contributed by atoms with Crippen molar-refractivity contribution in [3.05, 3.63) is 35.9 Å². The van der Waals surface area contributed by atoms with Gasteiger partial charge in [-0.25, -0.2) is 0 Å². The van der Waals surface area contributed by atoms with Gasteiger partial charge in [0.1, 0.15) is 6.04 Å². The number of ether oxygens (including phenoxy) is 1. The minimum absolute atomic E-state index is 0. The molecule has 0 saturated carbocycles. The van der Waals surface area contributed by atoms with Crippen molar-refractivity contribution in [3.63, 3.8) is 0 Å². The normalized spacial score (nSPS) is 18.7. The number of benzene rings is 1. The second-order valence-corrected chi connectivity index (χ2v) is 5.81. The molecule has 1 aromatic carbocycles. The molecule has 2 rings (SSSR count). The monoisotopic (exact) mass is 312 g/mol. The smallest absolute Gasteiger partial charge is 0.241 e. The molecule has 0 aliphatic carbocycles. The Kier molecular flexibility index (Phi) is 6.65. The van der Waals surface area contributed by atoms with Crippen LogP contribution in [0.15, 0.2) is 30.3 Å². The highest BCUT2D eigenvalue weighted by Gasteiger charge is 2.34. The van der Waals surface area contributed by atoms with Gasteiger partial charge in [-0.3, -0.25) is 4.79 Å². The van der Waals surface area contributed by atoms with Crippen LogP contribution in [0.4, 0.5) is 0 Å². The van der Waals surface area contributed by atoms with Crippen LogP contribution in [0.25, 0.3) is 0 Å². The first kappa shape index (κ1) is 18.0. The summed E-state index contributed by atoms with van der Waals surface area (Å²) in [5.41, 5.74) is 7.33. The van der Waals surface area contributed by atoms with Gasteiger partial charge in [0, 0.05) is 20.2 Å². The molecule has 5 heteroatoms. The van der Waals surface area contributed by atoms with Gasteiger partial charge in [0.05, 0.1) is 6.61 Å². The molecule has 1 aromatic rings. The van der Waals surface area contributed by atoms with Crippen molar-refractivity contribution < 1.29 is 9.53 Å². The molecular weight excluding hydrogens is 288 g/mol. The van der Waals surface area contributed by atoms with E-state index in [1.165, 1.54) is 5.56 Å². The highest BCUT2D eigenvalue weighted by molar-refractivity contribution is 5.85. The molecule has 1 aliphatic rings. The Bertz CT molecular complexity index is 445. The Labute approximate surface area is 133 Å². The van der Waals surface area contributed by atoms with Gasteiger partial charge in [-0.05, 0) is 23.8 Å². The molecule has 0 aromatic heterocycles. The van der Waals surface area contributed by atoms with Gasteiger partial charge in [-0.2, -0.15) is 0 Å². The number of nitrogens with zero attached hydrogens (tertiary/aromatic N) is 1. The third kappa shape index (κ3) is 4.19. The molecule has 1 aliphatic heterocycles. The quantitative estimate of drug-likeness (QED) is 0.924. The summed E-state index contributed by atoms with van der Waals surface area (Å²) in [7, 11) is 1.57. The molecule has 1 fully saturated rings. The SMILES string of the molecule is COCC(N)C(=O)N1CCC(C)(c2ccccc2)CC1.Cl. The van der Waals surface area contributed by atoms with Gasteiger partial charge in [0.2, 0.25) is 5.91 Å². The van der Waals surface area contributed by atoms with E-state index in [1.807, 2.05) is 11.0 Å². The predicted molar refractivity (Wildman–Crippen MR) is 86.7 cm³/mol. The summed E-state index contributed by atoms with van der Waals surface area (Å²) in [4.78, 5) is 14.0. The van der Waals surface area contributed by atoms with Gasteiger partial charge in [0.15, 0.2) is 0 Å². The molecule has 2 N–H and O–H groups in total. The summed E-state index contributed by atoms with van der Waals surface area (Å²) in [5, 5.41) is 0. The molecule has 0 spiro atoms. The van der Waals surface area contributed by atoms with Crippen molar-refractivity contribution in [2.24, 2.45) is 5.73 Å². The Hall–Kier alpha value is -1.10. The fraction of sp³-hybridized carbons (Fsp3) is 0.562. The van der Waals surface area contributed by atoms with E-state index in [9.17, 15) is 4.79 Å². The lowest BCUT2D eigenvalue weighted by atomic mass is 9.74. The fourth-order valence-corrected chi connectivity index (χ4v) is 2.84. The highest BCUT2D eigenvalue weighted by Crippen LogP contribution is 2.34. The lowest BCUT2D eigenvalue weighted by Crippen LogP contribution is -2.51. The average molecular weight is 313 g/mol. The molecule has 0 radical (unpaired) electrons. The molecule has 1 unspecified atom stereocenters. The number of methoxy groups -OCH3 is 1. The van der Waals surface area contributed by atoms with E-state index in [4.69, 9.17) is 10.5 Å². The predicted octanol–water partition coefficient (Wildman–Crippen LogP) is 1.96. The van der Waals surface area contributed by atoms with Crippen LogP contribution in [0.1, 0.15) is 25.3 Å². The molecule has 1 atom stereocenters. The zero-order valence-electron chi connectivity index (χ0n) is 12.7. The van der Waals surface area contributed by atoms with Gasteiger partial charge < -0.3 is 15.4 Å². The second-order valence-electron chi connectivity index (χ2n) is 5.81. The van der Waals surface area contributed by atoms with Crippen molar-refractivity contribution in [1.29, 1.82) is 0 Å². The molecule has 4 nitrogen and oxygen atoms in total. The Balaban J connectivity index is 0.00000220. The van der Waals surface area contributed by atoms with Crippen molar-refractivity contribution >= 4 is 18.3 Å². The molecule has 21 heavy (non-hydrogen) atoms. The largest absolute Gasteiger partial charge is 0.383 e. The lowest BCUT2D eigenvalue weighted by molar-refractivity contribution is -0.135. The van der Waals surface area contributed by atoms with Crippen LogP contribution in [-0.4, -0.2) is 43.7 Å². The van der Waals surface area contributed by atoms with E-state index >= 15 is 0 Å². The van der Waals surface area contributed by atoms with E-state index in [1.54, 1.807) is 7.11 Å². The standard InChI is InChI=1S/C16H24N2O2.ClH/c1-16(13-6-4-3-5-7-13)8-10-18(11-9-16)15(19)14(17)12-20-2;/h3-7,14H,8-12,17H2,1-2H3;1H. The molecule has 0 bridgehead atoms. The number of nitrogens with two attached hydrogens (primary N) is 1. The second kappa shape index (κ2) is 7.78. The average Bonchev–Trinajstić information content (AvgIpc) is 2.48. The van der Waals surface area contributed by atoms with Crippen molar-refractivity contribution in [2.45, 2.75) is 31.2 Å². The van der Waals surface area contributed by atoms with E-state index in [0.717, 1.165) is 25.9 Å². The lowest BCUT2D eigenvalue weighted by Gasteiger charge is -2.40. The maximum Gasteiger partial charge on any atom is 0.241 e. The number of amides is 1. The first-order chi connectivity index (χ1) is 9.57. The number of piperidine rings is 1. The molecule has 1 amide bonds. The van der Waals surface area contributed by atoms with Crippen LogP contribution in [0.5, 0.6) is 0 Å². The maximum absolute atomic E-state index is 12.2. The minimum Gasteiger partial charge on any atom is -0.383 e. The molecule has 1 saturated heterocycles. The number of carbonyl (C=O) groups excluding carboxylic acids is 1. The maximum atomic E-state index is 12.2. The molecule has 1 heterocycles. The summed E-state index contributed by atoms with van der Waals surface area (Å²) < 4.78 is 4.95. The van der Waals surface area contributed by atoms with Crippen molar-refractivity contribution in [2.75, 3.05) is 26.8 Å². The number of likely N-dealkylation sites (tertiary alicyclic amines) is 1. The number of halogens is 1. The first-order valence-corrected chi connectivity index (χ1v) is 7.16. The van der Waals surface area contributed by atoms with E-state index in [2.05, 4.69) is 31.2 Å². The Morgan fingerprint density at radius 3 is 2.43 bits per heavy atom. The van der Waals surface area contributed by atoms with E-state index in [-0.39, 0.29) is 30.3 Å². The number of hydrogen-bond acceptors (Lipinski definition) is 3. The highest BCUT2D eigenvalue weighted by atomic mass is 35.5. The number of carbonyl (C=O) groups is 1. The molecule has 118 valence electrons. The van der Waals surface area contributed by atoms with Gasteiger partial charge in [-0.15, -0.1) is 12.4 Å². The Morgan fingerprint density at radius 1 is 1.33 bits per heavy atom. The van der Waals surface area contributed by atoms with Gasteiger partial charge >= 0.3 is 0 Å². The van der Waals surface area contributed by atoms with Crippen LogP contribution in [-0.2, 0) is 14.9 Å². The third-order valence-electron chi connectivity index (χ3n) is 4.31. The molecular formula is C16H25ClN2O2. The minimum atomic E-state index is -0.541. The van der Waals surface area contributed by atoms with Crippen LogP contribution in [0.3, 0.4) is 0 Å². The summed E-state index contributed by atoms with van der Waals surface area (Å²) in [6.07, 6.45) is 1.95. The first-order valence-electron chi connectivity index (χ1n) is 7.16. The van der Waals surface area contributed by atoms with Crippen LogP contribution in [0.2, 0.25) is 0 Å². The number of rotatable bonds is 4. The fourth-order valence-electron chi connectivity index (χ4n) is 2.84. The third-order valence-corrected chi connectivity index (χ3v) is 4.31. The summed E-state index contributed by atoms with van der Waals surface area (Å²) in [6.45, 7) is 4.09. The van der Waals surface area contributed by atoms with Gasteiger partial charge in [0.25, 0.3) is 0 Å². The van der Waals surface area contributed by atoms with Crippen molar-refractivity contribution in [3.8, 4) is 0 Å². The summed E-state index contributed by atoms with van der Waals surface area (Å²) >= 11 is 0. The van der Waals surface area contributed by atoms with Crippen LogP contribution < -0.4 is 5.73 Å². The van der Waals surface area contributed by atoms with Gasteiger partial charge in [-0.1, -0.05) is 37.3 Å². The zero-order chi connectivity index (χ0) is 14.6. The van der Waals surface area contributed by atoms with E-state index < -0.39 is 6.04 Å². The topological polar surface area (TPSA) is 55.6 Å². The van der Waals surface area contributed by atoms with Crippen LogP contribution >= 0.6 is 12.4 Å². The number of hydrogen-bond donors (Lipinski definition) is 1. The summed E-state index contributed by atoms with van der Waals surface area (Å²) in [5.74, 6) is 0.00182. The zero-order valence-corrected chi connectivity index (χ0v) is 13.6. The Morgan fingerprint density at radius 2 is 1.90 bits per heavy atom. The summed E-state index contributed by atoms with van der Waals surface area (Å²) in [6, 6.07) is 10.00. The van der Waals surface area contributed by atoms with E-state index in [0.29, 0.717) is 0 Å². The van der Waals surface area contributed by atoms with Crippen molar-refractivity contribution in [1.82, 2.24) is 4.90 Å². The van der Waals surface area contributed by atoms with Crippen LogP contribution in [0, 0.1) is 0 Å².